The Morgan fingerprint density at radius 2 is 2.06 bits per heavy atom. The minimum absolute atomic E-state index is 0.208. The molecule has 12 heteroatoms. The summed E-state index contributed by atoms with van der Waals surface area (Å²) in [6, 6.07) is 6.92. The molecule has 0 aliphatic rings. The molecular weight excluding hydrogens is 426 g/mol. The van der Waals surface area contributed by atoms with Crippen LogP contribution in [0.1, 0.15) is 12.1 Å². The maximum atomic E-state index is 10.5. The van der Waals surface area contributed by atoms with Crippen molar-refractivity contribution >= 4 is 29.3 Å². The number of halogens is 1. The Hall–Kier alpha value is -4.04. The molecule has 0 saturated carbocycles. The highest BCUT2D eigenvalue weighted by Gasteiger charge is 2.18. The number of benzene rings is 1. The van der Waals surface area contributed by atoms with Gasteiger partial charge in [0.15, 0.2) is 11.5 Å². The van der Waals surface area contributed by atoms with Gasteiger partial charge in [0.25, 0.3) is 0 Å². The maximum Gasteiger partial charge on any atom is 0.404 e. The average molecular weight is 444 g/mol. The van der Waals surface area contributed by atoms with Crippen molar-refractivity contribution in [3.8, 4) is 28.8 Å². The molecule has 0 saturated heterocycles. The van der Waals surface area contributed by atoms with Crippen LogP contribution < -0.4 is 20.1 Å². The first kappa shape index (κ1) is 21.7. The van der Waals surface area contributed by atoms with Crippen molar-refractivity contribution in [2.24, 2.45) is 0 Å². The molecule has 0 radical (unpaired) electrons. The van der Waals surface area contributed by atoms with E-state index in [2.05, 4.69) is 30.8 Å². The molecule has 0 aliphatic carbocycles. The highest BCUT2D eigenvalue weighted by molar-refractivity contribution is 6.31. The van der Waals surface area contributed by atoms with E-state index in [1.54, 1.807) is 18.2 Å². The van der Waals surface area contributed by atoms with Crippen molar-refractivity contribution < 1.29 is 19.4 Å². The van der Waals surface area contributed by atoms with Gasteiger partial charge in [-0.15, -0.1) is 0 Å². The largest absolute Gasteiger partial charge is 0.496 e. The lowest BCUT2D eigenvalue weighted by atomic mass is 10.1. The summed E-state index contributed by atoms with van der Waals surface area (Å²) >= 11 is 6.18. The van der Waals surface area contributed by atoms with Gasteiger partial charge in [0.1, 0.15) is 23.4 Å². The molecular formula is C19H18ClN7O4. The van der Waals surface area contributed by atoms with Crippen LogP contribution in [0.5, 0.6) is 11.5 Å². The van der Waals surface area contributed by atoms with Gasteiger partial charge in [-0.3, -0.25) is 5.10 Å². The molecule has 0 aliphatic heterocycles. The Morgan fingerprint density at radius 1 is 1.26 bits per heavy atom. The number of ether oxygens (including phenoxy) is 2. The predicted molar refractivity (Wildman–Crippen MR) is 112 cm³/mol. The first-order chi connectivity index (χ1) is 15.0. The van der Waals surface area contributed by atoms with Gasteiger partial charge in [0.05, 0.1) is 37.4 Å². The van der Waals surface area contributed by atoms with Gasteiger partial charge in [0, 0.05) is 17.6 Å². The number of carbonyl (C=O) groups is 1. The Labute approximate surface area is 182 Å². The minimum atomic E-state index is -1.09. The van der Waals surface area contributed by atoms with E-state index >= 15 is 0 Å². The van der Waals surface area contributed by atoms with Crippen molar-refractivity contribution in [3.05, 3.63) is 41.3 Å². The molecule has 0 fully saturated rings. The third-order valence-electron chi connectivity index (χ3n) is 3.98. The van der Waals surface area contributed by atoms with Gasteiger partial charge in [0.2, 0.25) is 0 Å². The van der Waals surface area contributed by atoms with E-state index in [0.717, 1.165) is 0 Å². The number of aromatic amines is 1. The second-order valence-corrected chi connectivity index (χ2v) is 6.54. The topological polar surface area (TPSA) is 158 Å². The highest BCUT2D eigenvalue weighted by atomic mass is 35.5. The van der Waals surface area contributed by atoms with E-state index in [1.807, 2.05) is 6.07 Å². The third kappa shape index (κ3) is 5.74. The summed E-state index contributed by atoms with van der Waals surface area (Å²) in [6.45, 7) is 0.517. The van der Waals surface area contributed by atoms with Crippen molar-refractivity contribution in [2.45, 2.75) is 6.42 Å². The standard InChI is InChI=1S/C19H18ClN7O4/c1-30-14-5-11(20)6-15(31-4-2-3-22-19(28)29)18(14)13-7-16(27-26-13)25-17-10-23-12(8-21)9-24-17/h5-7,9-10,22H,2-4H2,1H3,(H,28,29)(H2,24,25,26,27). The molecule has 4 N–H and O–H groups in total. The van der Waals surface area contributed by atoms with Crippen LogP contribution in [0.25, 0.3) is 11.3 Å². The van der Waals surface area contributed by atoms with Gasteiger partial charge >= 0.3 is 6.09 Å². The molecule has 160 valence electrons. The maximum absolute atomic E-state index is 10.5. The van der Waals surface area contributed by atoms with Crippen LogP contribution in [0.2, 0.25) is 5.02 Å². The summed E-state index contributed by atoms with van der Waals surface area (Å²) in [7, 11) is 1.51. The van der Waals surface area contributed by atoms with Gasteiger partial charge < -0.3 is 25.2 Å². The number of hydrogen-bond donors (Lipinski definition) is 4. The molecule has 0 spiro atoms. The smallest absolute Gasteiger partial charge is 0.404 e. The van der Waals surface area contributed by atoms with Gasteiger partial charge in [-0.1, -0.05) is 11.6 Å². The fraction of sp³-hybridized carbons (Fsp3) is 0.211. The Kier molecular flexibility index (Phi) is 7.08. The van der Waals surface area contributed by atoms with Gasteiger partial charge in [-0.05, 0) is 18.6 Å². The minimum Gasteiger partial charge on any atom is -0.496 e. The number of rotatable bonds is 9. The predicted octanol–water partition coefficient (Wildman–Crippen LogP) is 3.18. The molecule has 0 unspecified atom stereocenters. The fourth-order valence-electron chi connectivity index (χ4n) is 2.64. The second kappa shape index (κ2) is 10.1. The zero-order chi connectivity index (χ0) is 22.2. The van der Waals surface area contributed by atoms with Crippen LogP contribution in [0, 0.1) is 11.3 Å². The number of hydrogen-bond acceptors (Lipinski definition) is 8. The van der Waals surface area contributed by atoms with Gasteiger partial charge in [-0.2, -0.15) is 10.4 Å². The molecule has 1 aromatic carbocycles. The zero-order valence-corrected chi connectivity index (χ0v) is 17.1. The molecule has 31 heavy (non-hydrogen) atoms. The highest BCUT2D eigenvalue weighted by Crippen LogP contribution is 2.41. The number of methoxy groups -OCH3 is 1. The Morgan fingerprint density at radius 3 is 2.74 bits per heavy atom. The number of amides is 1. The number of carboxylic acid groups (broad SMARTS) is 1. The lowest BCUT2D eigenvalue weighted by Crippen LogP contribution is -2.23. The number of nitrogens with one attached hydrogen (secondary N) is 3. The molecule has 2 heterocycles. The SMILES string of the molecule is COc1cc(Cl)cc(OCCCNC(=O)O)c1-c1cc(Nc2cnc(C#N)cn2)n[nH]1. The summed E-state index contributed by atoms with van der Waals surface area (Å²) < 4.78 is 11.3. The van der Waals surface area contributed by atoms with E-state index in [-0.39, 0.29) is 18.8 Å². The summed E-state index contributed by atoms with van der Waals surface area (Å²) in [5.74, 6) is 1.80. The summed E-state index contributed by atoms with van der Waals surface area (Å²) in [5.41, 5.74) is 1.40. The fourth-order valence-corrected chi connectivity index (χ4v) is 2.84. The Balaban J connectivity index is 1.80. The lowest BCUT2D eigenvalue weighted by molar-refractivity contribution is 0.193. The zero-order valence-electron chi connectivity index (χ0n) is 16.3. The number of anilines is 2. The van der Waals surface area contributed by atoms with Crippen LogP contribution in [-0.4, -0.2) is 51.6 Å². The average Bonchev–Trinajstić information content (AvgIpc) is 3.21. The quantitative estimate of drug-likeness (QED) is 0.364. The van der Waals surface area contributed by atoms with Gasteiger partial charge in [-0.25, -0.2) is 14.8 Å². The first-order valence-corrected chi connectivity index (χ1v) is 9.40. The van der Waals surface area contributed by atoms with Crippen LogP contribution in [-0.2, 0) is 0 Å². The van der Waals surface area contributed by atoms with Crippen molar-refractivity contribution in [1.29, 1.82) is 5.26 Å². The molecule has 1 amide bonds. The van der Waals surface area contributed by atoms with E-state index in [1.165, 1.54) is 19.5 Å². The number of H-pyrrole nitrogens is 1. The van der Waals surface area contributed by atoms with E-state index in [9.17, 15) is 4.79 Å². The normalized spacial score (nSPS) is 10.2. The molecule has 0 bridgehead atoms. The van der Waals surface area contributed by atoms with Crippen LogP contribution >= 0.6 is 11.6 Å². The molecule has 3 aromatic rings. The van der Waals surface area contributed by atoms with Crippen LogP contribution in [0.4, 0.5) is 16.4 Å². The first-order valence-electron chi connectivity index (χ1n) is 9.02. The summed E-state index contributed by atoms with van der Waals surface area (Å²) in [6.07, 6.45) is 2.15. The Bertz CT molecular complexity index is 1100. The monoisotopic (exact) mass is 443 g/mol. The molecule has 2 aromatic heterocycles. The van der Waals surface area contributed by atoms with E-state index in [4.69, 9.17) is 31.4 Å². The molecule has 11 nitrogen and oxygen atoms in total. The number of nitriles is 1. The third-order valence-corrected chi connectivity index (χ3v) is 4.19. The number of nitrogens with zero attached hydrogens (tertiary/aromatic N) is 4. The van der Waals surface area contributed by atoms with E-state index < -0.39 is 6.09 Å². The van der Waals surface area contributed by atoms with Crippen molar-refractivity contribution in [2.75, 3.05) is 25.6 Å². The van der Waals surface area contributed by atoms with Crippen molar-refractivity contribution in [1.82, 2.24) is 25.5 Å². The molecule has 3 rings (SSSR count). The second-order valence-electron chi connectivity index (χ2n) is 6.11. The van der Waals surface area contributed by atoms with Crippen molar-refractivity contribution in [3.63, 3.8) is 0 Å². The molecule has 0 atom stereocenters. The summed E-state index contributed by atoms with van der Waals surface area (Å²) in [4.78, 5) is 18.6. The van der Waals surface area contributed by atoms with E-state index in [0.29, 0.717) is 45.8 Å². The summed E-state index contributed by atoms with van der Waals surface area (Å²) in [5, 5.41) is 30.2. The van der Waals surface area contributed by atoms with Crippen LogP contribution in [0.15, 0.2) is 30.6 Å². The number of aromatic nitrogens is 4. The van der Waals surface area contributed by atoms with Crippen LogP contribution in [0.3, 0.4) is 0 Å². The lowest BCUT2D eigenvalue weighted by Gasteiger charge is -2.14.